The normalized spacial score (nSPS) is 12.7. The highest BCUT2D eigenvalue weighted by atomic mass is 19.1. The van der Waals surface area contributed by atoms with Gasteiger partial charge >= 0.3 is 5.97 Å². The summed E-state index contributed by atoms with van der Waals surface area (Å²) in [6, 6.07) is 18.7. The molecule has 1 heterocycles. The van der Waals surface area contributed by atoms with Crippen LogP contribution in [0.25, 0.3) is 0 Å². The molecule has 3 aromatic rings. The topological polar surface area (TPSA) is 118 Å². The van der Waals surface area contributed by atoms with E-state index in [2.05, 4.69) is 5.32 Å². The van der Waals surface area contributed by atoms with Gasteiger partial charge in [0.2, 0.25) is 5.91 Å². The summed E-state index contributed by atoms with van der Waals surface area (Å²) in [5.41, 5.74) is -0.670. The molecule has 2 aromatic carbocycles. The van der Waals surface area contributed by atoms with Gasteiger partial charge in [-0.3, -0.25) is 19.2 Å². The maximum absolute atomic E-state index is 13.9. The minimum atomic E-state index is -1.80. The van der Waals surface area contributed by atoms with Crippen molar-refractivity contribution in [3.63, 3.8) is 0 Å². The van der Waals surface area contributed by atoms with E-state index in [4.69, 9.17) is 4.74 Å². The average Bonchev–Trinajstić information content (AvgIpc) is 2.93. The Bertz CT molecular complexity index is 1360. The number of carbonyl (C=O) groups is 3. The lowest BCUT2D eigenvalue weighted by atomic mass is 10.1. The monoisotopic (exact) mass is 551 g/mol. The van der Waals surface area contributed by atoms with Crippen molar-refractivity contribution < 1.29 is 28.6 Å². The number of rotatable bonds is 11. The van der Waals surface area contributed by atoms with Crippen LogP contribution in [0.4, 0.5) is 10.1 Å². The minimum absolute atomic E-state index is 0.110. The Morgan fingerprint density at radius 2 is 1.62 bits per heavy atom. The number of hydrogen-bond donors (Lipinski definition) is 2. The van der Waals surface area contributed by atoms with Gasteiger partial charge < -0.3 is 15.2 Å². The SMILES string of the molecule is CC(C)(C)OC(=O)C[C@@H]([C@@H](O)CF)N(C(=O)CCc1ccccc1)n1cccc(NC(=O)c2ccccc2)c1=O. The van der Waals surface area contributed by atoms with E-state index in [0.717, 1.165) is 15.2 Å². The van der Waals surface area contributed by atoms with Gasteiger partial charge in [-0.05, 0) is 57.0 Å². The molecule has 212 valence electrons. The Hall–Kier alpha value is -4.31. The lowest BCUT2D eigenvalue weighted by Crippen LogP contribution is -2.58. The van der Waals surface area contributed by atoms with Gasteiger partial charge in [0.05, 0.1) is 12.5 Å². The van der Waals surface area contributed by atoms with Crippen LogP contribution in [0.1, 0.15) is 49.5 Å². The first-order valence-electron chi connectivity index (χ1n) is 12.9. The fraction of sp³-hybridized carbons (Fsp3) is 0.333. The predicted octanol–water partition coefficient (Wildman–Crippen LogP) is 3.63. The van der Waals surface area contributed by atoms with Crippen LogP contribution in [0.5, 0.6) is 0 Å². The van der Waals surface area contributed by atoms with Crippen LogP contribution in [-0.4, -0.2) is 52.0 Å². The van der Waals surface area contributed by atoms with Crippen LogP contribution >= 0.6 is 0 Å². The molecule has 1 aromatic heterocycles. The zero-order valence-corrected chi connectivity index (χ0v) is 22.7. The number of pyridine rings is 1. The molecule has 0 bridgehead atoms. The first-order chi connectivity index (χ1) is 19.0. The van der Waals surface area contributed by atoms with E-state index in [1.165, 1.54) is 18.3 Å². The van der Waals surface area contributed by atoms with Crippen molar-refractivity contribution in [2.45, 2.75) is 57.8 Å². The molecule has 0 aliphatic rings. The van der Waals surface area contributed by atoms with Gasteiger partial charge in [-0.25, -0.2) is 14.1 Å². The van der Waals surface area contributed by atoms with E-state index >= 15 is 0 Å². The lowest BCUT2D eigenvalue weighted by molar-refractivity contribution is -0.156. The van der Waals surface area contributed by atoms with Gasteiger partial charge in [-0.15, -0.1) is 0 Å². The smallest absolute Gasteiger partial charge is 0.308 e. The van der Waals surface area contributed by atoms with Crippen molar-refractivity contribution in [1.29, 1.82) is 0 Å². The molecule has 2 N–H and O–H groups in total. The van der Waals surface area contributed by atoms with E-state index in [1.807, 2.05) is 30.3 Å². The summed E-state index contributed by atoms with van der Waals surface area (Å²) in [6.45, 7) is 3.67. The largest absolute Gasteiger partial charge is 0.460 e. The number of aliphatic hydroxyl groups is 1. The van der Waals surface area contributed by atoms with Gasteiger partial charge in [-0.2, -0.15) is 0 Å². The number of carbonyl (C=O) groups excluding carboxylic acids is 3. The molecule has 40 heavy (non-hydrogen) atoms. The van der Waals surface area contributed by atoms with E-state index in [9.17, 15) is 28.7 Å². The summed E-state index contributed by atoms with van der Waals surface area (Å²) in [4.78, 5) is 52.7. The second-order valence-corrected chi connectivity index (χ2v) is 10.2. The van der Waals surface area contributed by atoms with Gasteiger partial charge in [-0.1, -0.05) is 48.5 Å². The first kappa shape index (κ1) is 30.2. The number of alkyl halides is 1. The highest BCUT2D eigenvalue weighted by molar-refractivity contribution is 6.04. The number of aliphatic hydroxyl groups excluding tert-OH is 1. The molecule has 9 nitrogen and oxygen atoms in total. The van der Waals surface area contributed by atoms with Crippen LogP contribution in [0.2, 0.25) is 0 Å². The lowest BCUT2D eigenvalue weighted by Gasteiger charge is -2.35. The number of aryl methyl sites for hydroxylation is 1. The van der Waals surface area contributed by atoms with Crippen molar-refractivity contribution >= 4 is 23.5 Å². The highest BCUT2D eigenvalue weighted by Gasteiger charge is 2.35. The first-order valence-corrected chi connectivity index (χ1v) is 12.9. The number of anilines is 1. The van der Waals surface area contributed by atoms with Crippen LogP contribution in [-0.2, 0) is 20.7 Å². The summed E-state index contributed by atoms with van der Waals surface area (Å²) in [5.74, 6) is -1.97. The van der Waals surface area contributed by atoms with Gasteiger partial charge in [0.25, 0.3) is 11.5 Å². The quantitative estimate of drug-likeness (QED) is 0.352. The van der Waals surface area contributed by atoms with Crippen molar-refractivity contribution in [3.05, 3.63) is 100 Å². The van der Waals surface area contributed by atoms with Crippen molar-refractivity contribution in [2.75, 3.05) is 17.0 Å². The Morgan fingerprint density at radius 3 is 2.23 bits per heavy atom. The molecule has 2 amide bonds. The third-order valence-corrected chi connectivity index (χ3v) is 5.88. The molecule has 0 saturated heterocycles. The van der Waals surface area contributed by atoms with E-state index < -0.39 is 54.2 Å². The molecule has 0 unspecified atom stereocenters. The van der Waals surface area contributed by atoms with Crippen LogP contribution < -0.4 is 15.9 Å². The summed E-state index contributed by atoms with van der Waals surface area (Å²) in [6.07, 6.45) is -0.940. The third-order valence-electron chi connectivity index (χ3n) is 5.88. The average molecular weight is 552 g/mol. The number of esters is 1. The summed E-state index contributed by atoms with van der Waals surface area (Å²) >= 11 is 0. The summed E-state index contributed by atoms with van der Waals surface area (Å²) < 4.78 is 20.1. The number of hydrogen-bond acceptors (Lipinski definition) is 6. The molecule has 3 rings (SSSR count). The summed E-state index contributed by atoms with van der Waals surface area (Å²) in [7, 11) is 0. The molecule has 0 fully saturated rings. The van der Waals surface area contributed by atoms with Crippen LogP contribution in [0, 0.1) is 0 Å². The van der Waals surface area contributed by atoms with Crippen molar-refractivity contribution in [2.24, 2.45) is 0 Å². The maximum atomic E-state index is 13.9. The van der Waals surface area contributed by atoms with E-state index in [1.54, 1.807) is 51.1 Å². The van der Waals surface area contributed by atoms with Crippen LogP contribution in [0.15, 0.2) is 83.8 Å². The minimum Gasteiger partial charge on any atom is -0.460 e. The molecule has 0 radical (unpaired) electrons. The van der Waals surface area contributed by atoms with Gasteiger partial charge in [0.15, 0.2) is 0 Å². The fourth-order valence-corrected chi connectivity index (χ4v) is 4.05. The molecular weight excluding hydrogens is 517 g/mol. The Morgan fingerprint density at radius 1 is 1.00 bits per heavy atom. The standard InChI is InChI=1S/C30H34FN3O6/c1-30(2,3)40-27(37)19-24(25(35)20-31)34(26(36)17-16-21-11-6-4-7-12-21)33-18-10-15-23(29(33)39)32-28(38)22-13-8-5-9-14-22/h4-15,18,24-25,35H,16-17,19-20H2,1-3H3,(H,32,38)/t24-,25-/m0/s1. The Labute approximate surface area is 232 Å². The number of halogens is 1. The zero-order valence-electron chi connectivity index (χ0n) is 22.7. The van der Waals surface area contributed by atoms with Crippen molar-refractivity contribution in [1.82, 2.24) is 4.68 Å². The summed E-state index contributed by atoms with van der Waals surface area (Å²) in [5, 5.41) is 14.0. The molecule has 0 aliphatic heterocycles. The van der Waals surface area contributed by atoms with Gasteiger partial charge in [0.1, 0.15) is 24.1 Å². The highest BCUT2D eigenvalue weighted by Crippen LogP contribution is 2.17. The Balaban J connectivity index is 2.01. The molecule has 0 saturated carbocycles. The second kappa shape index (κ2) is 13.7. The van der Waals surface area contributed by atoms with E-state index in [-0.39, 0.29) is 12.1 Å². The van der Waals surface area contributed by atoms with Crippen molar-refractivity contribution in [3.8, 4) is 0 Å². The van der Waals surface area contributed by atoms with Crippen LogP contribution in [0.3, 0.4) is 0 Å². The maximum Gasteiger partial charge on any atom is 0.308 e. The number of benzene rings is 2. The molecule has 0 aliphatic carbocycles. The third kappa shape index (κ3) is 8.34. The zero-order chi connectivity index (χ0) is 29.3. The number of amides is 2. The molecule has 2 atom stereocenters. The Kier molecular flexibility index (Phi) is 10.3. The fourth-order valence-electron chi connectivity index (χ4n) is 4.05. The predicted molar refractivity (Wildman–Crippen MR) is 149 cm³/mol. The number of ether oxygens (including phenoxy) is 1. The van der Waals surface area contributed by atoms with E-state index in [0.29, 0.717) is 12.0 Å². The number of aromatic nitrogens is 1. The molecule has 0 spiro atoms. The van der Waals surface area contributed by atoms with Gasteiger partial charge in [0, 0.05) is 18.2 Å². The number of nitrogens with zero attached hydrogens (tertiary/aromatic N) is 2. The molecular formula is C30H34FN3O6. The second-order valence-electron chi connectivity index (χ2n) is 10.2. The number of nitrogens with one attached hydrogen (secondary N) is 1. The molecule has 10 heteroatoms.